The molecule has 1 N–H and O–H groups in total. The molecule has 1 aromatic rings. The van der Waals surface area contributed by atoms with E-state index >= 15 is 0 Å². The zero-order valence-corrected chi connectivity index (χ0v) is 7.40. The van der Waals surface area contributed by atoms with Gasteiger partial charge in [0.2, 0.25) is 5.82 Å². The summed E-state index contributed by atoms with van der Waals surface area (Å²) in [5.41, 5.74) is -0.370. The number of hydrogen-bond donors (Lipinski definition) is 1. The van der Waals surface area contributed by atoms with E-state index in [9.17, 15) is 9.59 Å². The van der Waals surface area contributed by atoms with E-state index in [0.717, 1.165) is 0 Å². The minimum atomic E-state index is -0.618. The second kappa shape index (κ2) is 3.84. The largest absolute Gasteiger partial charge is 0.457 e. The van der Waals surface area contributed by atoms with Gasteiger partial charge in [-0.3, -0.25) is 4.79 Å². The van der Waals surface area contributed by atoms with Crippen LogP contribution in [0.1, 0.15) is 24.5 Å². The molecule has 0 fully saturated rings. The number of aromatic amines is 1. The topological polar surface area (TPSA) is 72.0 Å². The molecule has 0 spiro atoms. The van der Waals surface area contributed by atoms with Crippen molar-refractivity contribution >= 4 is 5.97 Å². The molecule has 1 rings (SSSR count). The van der Waals surface area contributed by atoms with E-state index in [1.165, 1.54) is 12.3 Å². The molecule has 13 heavy (non-hydrogen) atoms. The van der Waals surface area contributed by atoms with Crippen LogP contribution in [0.5, 0.6) is 0 Å². The molecule has 0 saturated carbocycles. The third-order valence-electron chi connectivity index (χ3n) is 1.21. The molecule has 0 atom stereocenters. The highest BCUT2D eigenvalue weighted by atomic mass is 16.5. The minimum absolute atomic E-state index is 0.0683. The number of ether oxygens (including phenoxy) is 1. The summed E-state index contributed by atoms with van der Waals surface area (Å²) in [6.07, 6.45) is 1.04. The lowest BCUT2D eigenvalue weighted by Gasteiger charge is -2.05. The van der Waals surface area contributed by atoms with Gasteiger partial charge in [0, 0.05) is 12.3 Å². The maximum absolute atomic E-state index is 11.2. The van der Waals surface area contributed by atoms with Gasteiger partial charge >= 0.3 is 5.97 Å². The van der Waals surface area contributed by atoms with Crippen molar-refractivity contribution in [3.05, 3.63) is 28.4 Å². The molecule has 0 saturated heterocycles. The lowest BCUT2D eigenvalue weighted by Crippen LogP contribution is -2.18. The molecule has 5 nitrogen and oxygen atoms in total. The minimum Gasteiger partial charge on any atom is -0.457 e. The fourth-order valence-electron chi connectivity index (χ4n) is 0.744. The van der Waals surface area contributed by atoms with Gasteiger partial charge < -0.3 is 9.72 Å². The van der Waals surface area contributed by atoms with E-state index in [1.807, 2.05) is 0 Å². The lowest BCUT2D eigenvalue weighted by atomic mass is 10.5. The Labute approximate surface area is 74.8 Å². The molecule has 0 aromatic carbocycles. The smallest absolute Gasteiger partial charge is 0.374 e. The number of carbonyl (C=O) groups excluding carboxylic acids is 1. The standard InChI is InChI=1S/C8H10N2O3/c1-5(2)13-8(12)7-9-4-3-6(11)10-7/h3-5H,1-2H3,(H,9,10,11). The van der Waals surface area contributed by atoms with Gasteiger partial charge in [0.25, 0.3) is 5.56 Å². The van der Waals surface area contributed by atoms with Gasteiger partial charge in [0.1, 0.15) is 0 Å². The Kier molecular flexibility index (Phi) is 2.79. The number of esters is 1. The van der Waals surface area contributed by atoms with Crippen LogP contribution in [0.2, 0.25) is 0 Å². The predicted octanol–water partition coefficient (Wildman–Crippen LogP) is 0.335. The summed E-state index contributed by atoms with van der Waals surface area (Å²) < 4.78 is 4.82. The number of rotatable bonds is 2. The normalized spacial score (nSPS) is 10.1. The molecular formula is C8H10N2O3. The van der Waals surface area contributed by atoms with Gasteiger partial charge in [-0.25, -0.2) is 9.78 Å². The van der Waals surface area contributed by atoms with Crippen LogP contribution in [0.3, 0.4) is 0 Å². The Morgan fingerprint density at radius 1 is 1.62 bits per heavy atom. The second-order valence-electron chi connectivity index (χ2n) is 2.74. The highest BCUT2D eigenvalue weighted by molar-refractivity contribution is 5.85. The zero-order valence-electron chi connectivity index (χ0n) is 7.40. The fourth-order valence-corrected chi connectivity index (χ4v) is 0.744. The average molecular weight is 182 g/mol. The Morgan fingerprint density at radius 3 is 2.85 bits per heavy atom. The Bertz CT molecular complexity index is 356. The Morgan fingerprint density at radius 2 is 2.31 bits per heavy atom. The van der Waals surface area contributed by atoms with E-state index in [-0.39, 0.29) is 17.5 Å². The quantitative estimate of drug-likeness (QED) is 0.669. The van der Waals surface area contributed by atoms with Crippen molar-refractivity contribution in [2.75, 3.05) is 0 Å². The second-order valence-corrected chi connectivity index (χ2v) is 2.74. The van der Waals surface area contributed by atoms with Gasteiger partial charge in [0.15, 0.2) is 0 Å². The molecule has 70 valence electrons. The Balaban J connectivity index is 2.83. The molecule has 0 aliphatic carbocycles. The van der Waals surface area contributed by atoms with Crippen LogP contribution in [0, 0.1) is 0 Å². The maximum atomic E-state index is 11.2. The van der Waals surface area contributed by atoms with Crippen LogP contribution in [-0.2, 0) is 4.74 Å². The van der Waals surface area contributed by atoms with Crippen molar-refractivity contribution < 1.29 is 9.53 Å². The number of H-pyrrole nitrogens is 1. The summed E-state index contributed by atoms with van der Waals surface area (Å²) in [7, 11) is 0. The van der Waals surface area contributed by atoms with E-state index in [1.54, 1.807) is 13.8 Å². The van der Waals surface area contributed by atoms with Crippen molar-refractivity contribution in [2.45, 2.75) is 20.0 Å². The van der Waals surface area contributed by atoms with E-state index in [0.29, 0.717) is 0 Å². The molecule has 1 aromatic heterocycles. The van der Waals surface area contributed by atoms with Crippen molar-refractivity contribution in [3.63, 3.8) is 0 Å². The van der Waals surface area contributed by atoms with Crippen LogP contribution < -0.4 is 5.56 Å². The molecule has 0 aliphatic heterocycles. The van der Waals surface area contributed by atoms with Crippen LogP contribution in [-0.4, -0.2) is 22.0 Å². The molecule has 5 heteroatoms. The SMILES string of the molecule is CC(C)OC(=O)c1nccc(=O)[nH]1. The summed E-state index contributed by atoms with van der Waals surface area (Å²) >= 11 is 0. The van der Waals surface area contributed by atoms with Gasteiger partial charge in [-0.1, -0.05) is 0 Å². The first-order valence-electron chi connectivity index (χ1n) is 3.86. The van der Waals surface area contributed by atoms with Crippen molar-refractivity contribution in [3.8, 4) is 0 Å². The van der Waals surface area contributed by atoms with Crippen molar-refractivity contribution in [1.29, 1.82) is 0 Å². The lowest BCUT2D eigenvalue weighted by molar-refractivity contribution is 0.0362. The number of carbonyl (C=O) groups is 1. The fraction of sp³-hybridized carbons (Fsp3) is 0.375. The van der Waals surface area contributed by atoms with Crippen LogP contribution in [0.15, 0.2) is 17.1 Å². The molecule has 0 amide bonds. The van der Waals surface area contributed by atoms with Crippen LogP contribution in [0.4, 0.5) is 0 Å². The monoisotopic (exact) mass is 182 g/mol. The Hall–Kier alpha value is -1.65. The summed E-state index contributed by atoms with van der Waals surface area (Å²) in [6, 6.07) is 1.23. The first kappa shape index (κ1) is 9.44. The van der Waals surface area contributed by atoms with Crippen molar-refractivity contribution in [1.82, 2.24) is 9.97 Å². The maximum Gasteiger partial charge on any atom is 0.374 e. The summed E-state index contributed by atoms with van der Waals surface area (Å²) in [6.45, 7) is 3.44. The summed E-state index contributed by atoms with van der Waals surface area (Å²) in [4.78, 5) is 27.9. The first-order chi connectivity index (χ1) is 6.09. The third kappa shape index (κ3) is 2.70. The van der Waals surface area contributed by atoms with E-state index in [2.05, 4.69) is 9.97 Å². The number of nitrogens with one attached hydrogen (secondary N) is 1. The zero-order chi connectivity index (χ0) is 9.84. The van der Waals surface area contributed by atoms with Gasteiger partial charge in [-0.05, 0) is 13.8 Å². The average Bonchev–Trinajstić information content (AvgIpc) is 2.03. The first-order valence-corrected chi connectivity index (χ1v) is 3.86. The molecule has 0 radical (unpaired) electrons. The number of nitrogens with zero attached hydrogens (tertiary/aromatic N) is 1. The van der Waals surface area contributed by atoms with Crippen molar-refractivity contribution in [2.24, 2.45) is 0 Å². The van der Waals surface area contributed by atoms with Gasteiger partial charge in [0.05, 0.1) is 6.10 Å². The van der Waals surface area contributed by atoms with Crippen LogP contribution >= 0.6 is 0 Å². The van der Waals surface area contributed by atoms with E-state index < -0.39 is 5.97 Å². The molecular weight excluding hydrogens is 172 g/mol. The predicted molar refractivity (Wildman–Crippen MR) is 45.4 cm³/mol. The molecule has 0 unspecified atom stereocenters. The highest BCUT2D eigenvalue weighted by Gasteiger charge is 2.10. The van der Waals surface area contributed by atoms with Gasteiger partial charge in [-0.15, -0.1) is 0 Å². The molecule has 0 aliphatic rings. The molecule has 1 heterocycles. The summed E-state index contributed by atoms with van der Waals surface area (Å²) in [5, 5.41) is 0. The number of hydrogen-bond acceptors (Lipinski definition) is 4. The summed E-state index contributed by atoms with van der Waals surface area (Å²) in [5.74, 6) is -0.686. The van der Waals surface area contributed by atoms with E-state index in [4.69, 9.17) is 4.74 Å². The number of aromatic nitrogens is 2. The third-order valence-corrected chi connectivity index (χ3v) is 1.21. The highest BCUT2D eigenvalue weighted by Crippen LogP contribution is 1.94. The van der Waals surface area contributed by atoms with Crippen LogP contribution in [0.25, 0.3) is 0 Å². The van der Waals surface area contributed by atoms with Gasteiger partial charge in [-0.2, -0.15) is 0 Å². The molecule has 0 bridgehead atoms.